The molecule has 0 saturated heterocycles. The Hall–Kier alpha value is -3.77. The van der Waals surface area contributed by atoms with E-state index in [1.54, 1.807) is 48.5 Å². The molecule has 2 aromatic carbocycles. The van der Waals surface area contributed by atoms with Gasteiger partial charge in [0.25, 0.3) is 0 Å². The number of aliphatic carboxylic acids is 2. The fourth-order valence-electron chi connectivity index (χ4n) is 4.33. The lowest BCUT2D eigenvalue weighted by Crippen LogP contribution is -2.44. The van der Waals surface area contributed by atoms with Crippen molar-refractivity contribution in [1.29, 1.82) is 0 Å². The number of amides is 4. The van der Waals surface area contributed by atoms with E-state index in [0.717, 1.165) is 0 Å². The van der Waals surface area contributed by atoms with Gasteiger partial charge in [-0.15, -0.1) is 0 Å². The van der Waals surface area contributed by atoms with E-state index in [1.165, 1.54) is 11.8 Å². The van der Waals surface area contributed by atoms with Crippen molar-refractivity contribution in [1.82, 2.24) is 10.6 Å². The molecule has 11 nitrogen and oxygen atoms in total. The molecule has 0 aromatic heterocycles. The molecule has 0 bridgehead atoms. The van der Waals surface area contributed by atoms with Crippen LogP contribution in [0.4, 0.5) is 16.2 Å². The van der Waals surface area contributed by atoms with E-state index in [1.807, 2.05) is 34.6 Å². The predicted octanol–water partition coefficient (Wildman–Crippen LogP) is 5.81. The maximum atomic E-state index is 13.4. The van der Waals surface area contributed by atoms with E-state index in [0.29, 0.717) is 28.4 Å². The summed E-state index contributed by atoms with van der Waals surface area (Å²) >= 11 is 7.07. The van der Waals surface area contributed by atoms with Crippen molar-refractivity contribution >= 4 is 64.5 Å². The van der Waals surface area contributed by atoms with E-state index in [9.17, 15) is 34.2 Å². The van der Waals surface area contributed by atoms with Gasteiger partial charge in [0.15, 0.2) is 0 Å². The van der Waals surface area contributed by atoms with E-state index in [-0.39, 0.29) is 41.6 Å². The molecule has 246 valence electrons. The number of hydrogen-bond acceptors (Lipinski definition) is 6. The number of carbonyl (C=O) groups is 5. The van der Waals surface area contributed by atoms with Crippen LogP contribution in [-0.2, 0) is 19.2 Å². The van der Waals surface area contributed by atoms with Crippen molar-refractivity contribution in [2.45, 2.75) is 71.9 Å². The molecule has 0 aliphatic carbocycles. The van der Waals surface area contributed by atoms with Gasteiger partial charge in [-0.1, -0.05) is 58.4 Å². The van der Waals surface area contributed by atoms with Gasteiger partial charge in [-0.3, -0.25) is 9.59 Å². The molecule has 4 amide bonds. The third-order valence-electron chi connectivity index (χ3n) is 6.47. The van der Waals surface area contributed by atoms with Crippen molar-refractivity contribution in [3.8, 4) is 0 Å². The van der Waals surface area contributed by atoms with Crippen LogP contribution < -0.4 is 21.3 Å². The molecule has 3 unspecified atom stereocenters. The zero-order valence-corrected chi connectivity index (χ0v) is 27.8. The molecule has 0 aliphatic rings. The molecular formula is C32H43ClN4O7S. The number of hydrogen-bond donors (Lipinski definition) is 6. The lowest BCUT2D eigenvalue weighted by Gasteiger charge is -2.23. The zero-order valence-electron chi connectivity index (χ0n) is 26.2. The van der Waals surface area contributed by atoms with Crippen LogP contribution in [0.25, 0.3) is 0 Å². The fourth-order valence-corrected chi connectivity index (χ4v) is 5.48. The Morgan fingerprint density at radius 2 is 1.36 bits per heavy atom. The highest BCUT2D eigenvalue weighted by Crippen LogP contribution is 2.26. The first-order valence-corrected chi connectivity index (χ1v) is 16.1. The summed E-state index contributed by atoms with van der Waals surface area (Å²) < 4.78 is 0. The number of urea groups is 1. The average molecular weight is 663 g/mol. The Labute approximate surface area is 273 Å². The van der Waals surface area contributed by atoms with Gasteiger partial charge in [0, 0.05) is 28.6 Å². The molecule has 0 aliphatic heterocycles. The number of carboxylic acid groups (broad SMARTS) is 2. The van der Waals surface area contributed by atoms with E-state index in [4.69, 9.17) is 11.6 Å². The van der Waals surface area contributed by atoms with E-state index < -0.39 is 41.9 Å². The van der Waals surface area contributed by atoms with E-state index >= 15 is 0 Å². The second-order valence-corrected chi connectivity index (χ2v) is 13.9. The molecular weight excluding hydrogens is 620 g/mol. The first-order valence-electron chi connectivity index (χ1n) is 14.6. The van der Waals surface area contributed by atoms with Gasteiger partial charge in [0.2, 0.25) is 11.8 Å². The highest BCUT2D eigenvalue weighted by molar-refractivity contribution is 7.99. The Kier molecular flexibility index (Phi) is 14.7. The number of benzene rings is 2. The molecule has 0 heterocycles. The monoisotopic (exact) mass is 662 g/mol. The molecule has 6 N–H and O–H groups in total. The second kappa shape index (κ2) is 17.6. The number of carbonyl (C=O) groups excluding carboxylic acids is 3. The summed E-state index contributed by atoms with van der Waals surface area (Å²) in [5.41, 5.74) is 1.44. The number of thioether (sulfide) groups is 1. The third kappa shape index (κ3) is 14.3. The zero-order chi connectivity index (χ0) is 33.7. The van der Waals surface area contributed by atoms with Crippen LogP contribution in [-0.4, -0.2) is 63.6 Å². The first kappa shape index (κ1) is 37.4. The Morgan fingerprint density at radius 3 is 1.84 bits per heavy atom. The highest BCUT2D eigenvalue weighted by Gasteiger charge is 2.28. The number of rotatable bonds is 16. The maximum Gasteiger partial charge on any atom is 0.327 e. The van der Waals surface area contributed by atoms with Gasteiger partial charge in [-0.05, 0) is 71.9 Å². The summed E-state index contributed by atoms with van der Waals surface area (Å²) in [6.07, 6.45) is 0.699. The van der Waals surface area contributed by atoms with Crippen LogP contribution in [0.3, 0.4) is 0 Å². The second-order valence-electron chi connectivity index (χ2n) is 12.3. The average Bonchev–Trinajstić information content (AvgIpc) is 2.93. The summed E-state index contributed by atoms with van der Waals surface area (Å²) in [5.74, 6) is -3.38. The summed E-state index contributed by atoms with van der Waals surface area (Å²) in [6.45, 7) is 9.55. The molecule has 0 spiro atoms. The number of anilines is 2. The van der Waals surface area contributed by atoms with Gasteiger partial charge in [-0.25, -0.2) is 14.4 Å². The van der Waals surface area contributed by atoms with Gasteiger partial charge in [0.05, 0.1) is 5.92 Å². The van der Waals surface area contributed by atoms with Crippen molar-refractivity contribution < 1.29 is 34.2 Å². The molecule has 2 aromatic rings. The summed E-state index contributed by atoms with van der Waals surface area (Å²) in [7, 11) is 0. The van der Waals surface area contributed by atoms with Gasteiger partial charge in [-0.2, -0.15) is 11.8 Å². The molecule has 13 heteroatoms. The van der Waals surface area contributed by atoms with Crippen LogP contribution in [0.5, 0.6) is 0 Å². The number of carboxylic acids is 2. The minimum atomic E-state index is -1.20. The largest absolute Gasteiger partial charge is 0.480 e. The topological polar surface area (TPSA) is 174 Å². The first-order chi connectivity index (χ1) is 21.0. The van der Waals surface area contributed by atoms with Crippen LogP contribution in [0.15, 0.2) is 48.5 Å². The number of halogens is 1. The standard InChI is InChI=1S/C32H43ClN4O7S/c1-19(2)16-24(20-6-10-22(11-7-20)34-31(44)35-23-12-8-21(33)9-13-23)28(39)37-25(29(40)41)14-15-45-18-26(30(42)43)36-27(38)17-32(3,4)5/h6-13,19,24-26H,14-18H2,1-5H3,(H,36,38)(H,37,39)(H,40,41)(H,42,43)(H2,34,35,44). The lowest BCUT2D eigenvalue weighted by molar-refractivity contribution is -0.142. The van der Waals surface area contributed by atoms with Gasteiger partial charge >= 0.3 is 18.0 Å². The summed E-state index contributed by atoms with van der Waals surface area (Å²) in [4.78, 5) is 61.5. The maximum absolute atomic E-state index is 13.4. The number of nitrogens with one attached hydrogen (secondary N) is 4. The van der Waals surface area contributed by atoms with Gasteiger partial charge < -0.3 is 31.5 Å². The van der Waals surface area contributed by atoms with Gasteiger partial charge in [0.1, 0.15) is 12.1 Å². The fraction of sp³-hybridized carbons (Fsp3) is 0.469. The quantitative estimate of drug-likeness (QED) is 0.122. The van der Waals surface area contributed by atoms with Crippen molar-refractivity contribution in [3.05, 3.63) is 59.1 Å². The molecule has 0 saturated carbocycles. The predicted molar refractivity (Wildman–Crippen MR) is 178 cm³/mol. The normalized spacial score (nSPS) is 13.3. The lowest BCUT2D eigenvalue weighted by atomic mass is 9.89. The minimum absolute atomic E-state index is 0.0551. The molecule has 0 radical (unpaired) electrons. The van der Waals surface area contributed by atoms with Crippen LogP contribution in [0.1, 0.15) is 65.4 Å². The van der Waals surface area contributed by atoms with Crippen LogP contribution >= 0.6 is 23.4 Å². The SMILES string of the molecule is CC(C)CC(C(=O)NC(CCSCC(NC(=O)CC(C)(C)C)C(=O)O)C(=O)O)c1ccc(NC(=O)Nc2ccc(Cl)cc2)cc1. The minimum Gasteiger partial charge on any atom is -0.480 e. The summed E-state index contributed by atoms with van der Waals surface area (Å²) in [5, 5.41) is 30.4. The van der Waals surface area contributed by atoms with Crippen LogP contribution in [0.2, 0.25) is 5.02 Å². The third-order valence-corrected chi connectivity index (χ3v) is 7.82. The Morgan fingerprint density at radius 1 is 0.822 bits per heavy atom. The van der Waals surface area contributed by atoms with E-state index in [2.05, 4.69) is 21.3 Å². The van der Waals surface area contributed by atoms with Crippen molar-refractivity contribution in [2.75, 3.05) is 22.1 Å². The van der Waals surface area contributed by atoms with Crippen molar-refractivity contribution in [2.24, 2.45) is 11.3 Å². The van der Waals surface area contributed by atoms with Crippen LogP contribution in [0, 0.1) is 11.3 Å². The Bertz CT molecular complexity index is 1310. The summed E-state index contributed by atoms with van der Waals surface area (Å²) in [6, 6.07) is 10.7. The molecule has 3 atom stereocenters. The Balaban J connectivity index is 1.98. The molecule has 45 heavy (non-hydrogen) atoms. The molecule has 2 rings (SSSR count). The molecule has 0 fully saturated rings. The highest BCUT2D eigenvalue weighted by atomic mass is 35.5. The van der Waals surface area contributed by atoms with Crippen molar-refractivity contribution in [3.63, 3.8) is 0 Å². The smallest absolute Gasteiger partial charge is 0.327 e.